The highest BCUT2D eigenvalue weighted by Crippen LogP contribution is 2.15. The maximum Gasteiger partial charge on any atom is 0.262 e. The van der Waals surface area contributed by atoms with Crippen molar-refractivity contribution >= 4 is 28.1 Å². The van der Waals surface area contributed by atoms with Crippen molar-refractivity contribution in [2.45, 2.75) is 13.5 Å². The Hall–Kier alpha value is -3.92. The van der Waals surface area contributed by atoms with Crippen molar-refractivity contribution < 1.29 is 4.79 Å². The van der Waals surface area contributed by atoms with Crippen LogP contribution in [-0.2, 0) is 11.3 Å². The van der Waals surface area contributed by atoms with E-state index in [1.54, 1.807) is 47.0 Å². The summed E-state index contributed by atoms with van der Waals surface area (Å²) in [5, 5.41) is 16.6. The highest BCUT2D eigenvalue weighted by molar-refractivity contribution is 5.91. The molecule has 27 heavy (non-hydrogen) atoms. The minimum absolute atomic E-state index is 0.158. The lowest BCUT2D eigenvalue weighted by molar-refractivity contribution is -0.116. The SMILES string of the molecule is Cc1cc2n(CC(=O)Nc3cccc(C#N)c3)c(=O)c3ccccc3n2n1. The van der Waals surface area contributed by atoms with Gasteiger partial charge in [-0.3, -0.25) is 14.2 Å². The number of hydrogen-bond acceptors (Lipinski definition) is 4. The molecule has 0 aliphatic heterocycles. The number of carbonyl (C=O) groups is 1. The largest absolute Gasteiger partial charge is 0.324 e. The van der Waals surface area contributed by atoms with Gasteiger partial charge in [0.15, 0.2) is 0 Å². The number of anilines is 1. The first kappa shape index (κ1) is 16.5. The zero-order valence-corrected chi connectivity index (χ0v) is 14.5. The van der Waals surface area contributed by atoms with Gasteiger partial charge in [-0.25, -0.2) is 4.52 Å². The van der Waals surface area contributed by atoms with Crippen LogP contribution in [0.5, 0.6) is 0 Å². The zero-order chi connectivity index (χ0) is 19.0. The van der Waals surface area contributed by atoms with Gasteiger partial charge in [-0.05, 0) is 37.3 Å². The van der Waals surface area contributed by atoms with Crippen LogP contribution in [0.25, 0.3) is 16.6 Å². The van der Waals surface area contributed by atoms with Crippen molar-refractivity contribution in [3.05, 3.63) is 76.2 Å². The highest BCUT2D eigenvalue weighted by atomic mass is 16.2. The number of nitrogens with zero attached hydrogens (tertiary/aromatic N) is 4. The van der Waals surface area contributed by atoms with Gasteiger partial charge in [-0.15, -0.1) is 0 Å². The van der Waals surface area contributed by atoms with E-state index in [0.29, 0.717) is 27.8 Å². The molecule has 0 saturated carbocycles. The minimum Gasteiger partial charge on any atom is -0.324 e. The molecule has 0 saturated heterocycles. The number of fused-ring (bicyclic) bond motifs is 3. The van der Waals surface area contributed by atoms with Crippen LogP contribution in [0.15, 0.2) is 59.4 Å². The van der Waals surface area contributed by atoms with E-state index >= 15 is 0 Å². The molecule has 0 fully saturated rings. The third kappa shape index (κ3) is 2.93. The Balaban J connectivity index is 1.76. The fraction of sp³-hybridized carbons (Fsp3) is 0.100. The summed E-state index contributed by atoms with van der Waals surface area (Å²) in [6, 6.07) is 17.6. The second-order valence-corrected chi connectivity index (χ2v) is 6.20. The molecule has 2 aromatic carbocycles. The van der Waals surface area contributed by atoms with E-state index < -0.39 is 0 Å². The lowest BCUT2D eigenvalue weighted by Gasteiger charge is -2.11. The number of amides is 1. The van der Waals surface area contributed by atoms with Gasteiger partial charge in [0.2, 0.25) is 5.91 Å². The minimum atomic E-state index is -0.358. The lowest BCUT2D eigenvalue weighted by Crippen LogP contribution is -2.29. The van der Waals surface area contributed by atoms with E-state index in [1.807, 2.05) is 25.1 Å². The van der Waals surface area contributed by atoms with Crippen molar-refractivity contribution in [2.75, 3.05) is 5.32 Å². The van der Waals surface area contributed by atoms with E-state index in [9.17, 15) is 9.59 Å². The quantitative estimate of drug-likeness (QED) is 0.610. The van der Waals surface area contributed by atoms with Gasteiger partial charge in [0.05, 0.1) is 28.2 Å². The van der Waals surface area contributed by atoms with Gasteiger partial charge in [-0.2, -0.15) is 10.4 Å². The molecule has 2 heterocycles. The van der Waals surface area contributed by atoms with E-state index in [2.05, 4.69) is 10.4 Å². The molecule has 0 bridgehead atoms. The lowest BCUT2D eigenvalue weighted by atomic mass is 10.2. The molecule has 1 amide bonds. The standard InChI is InChI=1S/C20H15N5O2/c1-13-9-19-24(12-18(26)22-15-6-4-5-14(10-15)11-21)20(27)16-7-2-3-8-17(16)25(19)23-13/h2-10H,12H2,1H3,(H,22,26). The number of aromatic nitrogens is 3. The number of para-hydroxylation sites is 1. The maximum absolute atomic E-state index is 12.9. The summed E-state index contributed by atoms with van der Waals surface area (Å²) in [7, 11) is 0. The first-order valence-electron chi connectivity index (χ1n) is 8.35. The van der Waals surface area contributed by atoms with Crippen molar-refractivity contribution in [1.29, 1.82) is 5.26 Å². The summed E-state index contributed by atoms with van der Waals surface area (Å²) in [6.07, 6.45) is 0. The molecule has 7 heteroatoms. The van der Waals surface area contributed by atoms with Crippen LogP contribution in [0.1, 0.15) is 11.3 Å². The summed E-state index contributed by atoms with van der Waals surface area (Å²) in [6.45, 7) is 1.68. The molecule has 7 nitrogen and oxygen atoms in total. The van der Waals surface area contributed by atoms with Crippen LogP contribution in [0.3, 0.4) is 0 Å². The Labute approximate surface area is 154 Å². The number of rotatable bonds is 3. The molecule has 0 aliphatic rings. The average molecular weight is 357 g/mol. The molecular weight excluding hydrogens is 342 g/mol. The molecule has 0 aliphatic carbocycles. The smallest absolute Gasteiger partial charge is 0.262 e. The topological polar surface area (TPSA) is 92.2 Å². The summed E-state index contributed by atoms with van der Waals surface area (Å²) >= 11 is 0. The number of hydrogen-bond donors (Lipinski definition) is 1. The molecule has 0 unspecified atom stereocenters. The monoisotopic (exact) mass is 357 g/mol. The van der Waals surface area contributed by atoms with Crippen LogP contribution in [0, 0.1) is 18.3 Å². The van der Waals surface area contributed by atoms with E-state index in [1.165, 1.54) is 4.57 Å². The number of nitriles is 1. The van der Waals surface area contributed by atoms with Gasteiger partial charge in [0, 0.05) is 11.8 Å². The van der Waals surface area contributed by atoms with Crippen LogP contribution < -0.4 is 10.9 Å². The Morgan fingerprint density at radius 3 is 2.81 bits per heavy atom. The third-order valence-corrected chi connectivity index (χ3v) is 4.27. The summed E-state index contributed by atoms with van der Waals surface area (Å²) in [5.74, 6) is -0.358. The van der Waals surface area contributed by atoms with Crippen LogP contribution in [0.4, 0.5) is 5.69 Å². The molecule has 2 aromatic heterocycles. The highest BCUT2D eigenvalue weighted by Gasteiger charge is 2.15. The number of aryl methyl sites for hydroxylation is 1. The van der Waals surface area contributed by atoms with Crippen molar-refractivity contribution in [3.63, 3.8) is 0 Å². The van der Waals surface area contributed by atoms with E-state index in [4.69, 9.17) is 5.26 Å². The van der Waals surface area contributed by atoms with Crippen LogP contribution >= 0.6 is 0 Å². The van der Waals surface area contributed by atoms with Gasteiger partial charge >= 0.3 is 0 Å². The Morgan fingerprint density at radius 1 is 1.19 bits per heavy atom. The number of benzene rings is 2. The maximum atomic E-state index is 12.9. The van der Waals surface area contributed by atoms with Crippen LogP contribution in [0.2, 0.25) is 0 Å². The van der Waals surface area contributed by atoms with E-state index in [0.717, 1.165) is 5.69 Å². The summed E-state index contributed by atoms with van der Waals surface area (Å²) in [4.78, 5) is 25.5. The third-order valence-electron chi connectivity index (χ3n) is 4.27. The number of nitrogens with one attached hydrogen (secondary N) is 1. The predicted octanol–water partition coefficient (Wildman–Crippen LogP) is 2.47. The Bertz CT molecular complexity index is 1290. The second kappa shape index (κ2) is 6.42. The van der Waals surface area contributed by atoms with Crippen molar-refractivity contribution in [2.24, 2.45) is 0 Å². The molecule has 0 spiro atoms. The summed E-state index contributed by atoms with van der Waals surface area (Å²) in [5.41, 5.74) is 2.71. The summed E-state index contributed by atoms with van der Waals surface area (Å²) < 4.78 is 3.08. The molecule has 0 radical (unpaired) electrons. The Kier molecular flexibility index (Phi) is 3.94. The van der Waals surface area contributed by atoms with Gasteiger partial charge in [0.1, 0.15) is 12.2 Å². The molecule has 4 rings (SSSR count). The molecule has 1 N–H and O–H groups in total. The average Bonchev–Trinajstić information content (AvgIpc) is 3.07. The second-order valence-electron chi connectivity index (χ2n) is 6.20. The zero-order valence-electron chi connectivity index (χ0n) is 14.5. The normalized spacial score (nSPS) is 10.8. The van der Waals surface area contributed by atoms with Gasteiger partial charge in [-0.1, -0.05) is 18.2 Å². The fourth-order valence-electron chi connectivity index (χ4n) is 3.11. The van der Waals surface area contributed by atoms with E-state index in [-0.39, 0.29) is 18.0 Å². The van der Waals surface area contributed by atoms with Crippen molar-refractivity contribution in [1.82, 2.24) is 14.2 Å². The first-order valence-corrected chi connectivity index (χ1v) is 8.35. The molecular formula is C20H15N5O2. The fourth-order valence-corrected chi connectivity index (χ4v) is 3.11. The van der Waals surface area contributed by atoms with Crippen LogP contribution in [-0.4, -0.2) is 20.1 Å². The molecule has 132 valence electrons. The first-order chi connectivity index (χ1) is 13.1. The number of carbonyl (C=O) groups excluding carboxylic acids is 1. The van der Waals surface area contributed by atoms with Gasteiger partial charge in [0.25, 0.3) is 5.56 Å². The Morgan fingerprint density at radius 2 is 2.00 bits per heavy atom. The predicted molar refractivity (Wildman–Crippen MR) is 101 cm³/mol. The van der Waals surface area contributed by atoms with Gasteiger partial charge < -0.3 is 5.32 Å². The molecule has 4 aromatic rings. The van der Waals surface area contributed by atoms with Crippen molar-refractivity contribution in [3.8, 4) is 6.07 Å². The molecule has 0 atom stereocenters.